The third kappa shape index (κ3) is 7.06. The Bertz CT molecular complexity index is 486. The molecule has 4 heteroatoms. The van der Waals surface area contributed by atoms with Crippen LogP contribution in [0.15, 0.2) is 37.4 Å². The molecule has 0 saturated carbocycles. The van der Waals surface area contributed by atoms with Gasteiger partial charge in [0, 0.05) is 5.41 Å². The van der Waals surface area contributed by atoms with Crippen molar-refractivity contribution in [2.75, 3.05) is 0 Å². The predicted octanol–water partition coefficient (Wildman–Crippen LogP) is 5.84. The van der Waals surface area contributed by atoms with Crippen LogP contribution in [0.2, 0.25) is 0 Å². The van der Waals surface area contributed by atoms with Gasteiger partial charge in [0.1, 0.15) is 5.82 Å². The maximum atomic E-state index is 13.4. The summed E-state index contributed by atoms with van der Waals surface area (Å²) in [6, 6.07) is 4.86. The Hall–Kier alpha value is -1.52. The van der Waals surface area contributed by atoms with Gasteiger partial charge in [-0.05, 0) is 56.0 Å². The molecule has 0 radical (unpaired) electrons. The van der Waals surface area contributed by atoms with Gasteiger partial charge in [-0.3, -0.25) is 4.70 Å². The van der Waals surface area contributed by atoms with Gasteiger partial charge >= 0.3 is 0 Å². The van der Waals surface area contributed by atoms with E-state index in [0.717, 1.165) is 16.7 Å². The predicted molar refractivity (Wildman–Crippen MR) is 98.3 cm³/mol. The van der Waals surface area contributed by atoms with E-state index < -0.39 is 11.0 Å². The van der Waals surface area contributed by atoms with Crippen molar-refractivity contribution in [2.45, 2.75) is 53.6 Å². The third-order valence-electron chi connectivity index (χ3n) is 3.88. The molecule has 1 atom stereocenters. The molecule has 0 aliphatic rings. The minimum absolute atomic E-state index is 0. The molecule has 0 bridgehead atoms. The van der Waals surface area contributed by atoms with Crippen LogP contribution in [0.1, 0.15) is 52.2 Å². The van der Waals surface area contributed by atoms with E-state index in [0.29, 0.717) is 6.42 Å². The Balaban J connectivity index is -0.000000960. The topological polar surface area (TPSA) is 55.2 Å². The molecule has 1 aromatic rings. The Kier molecular flexibility index (Phi) is 11.8. The summed E-state index contributed by atoms with van der Waals surface area (Å²) >= 11 is 0. The van der Waals surface area contributed by atoms with Crippen molar-refractivity contribution in [3.8, 4) is 0 Å². The van der Waals surface area contributed by atoms with Crippen molar-refractivity contribution >= 4 is 5.57 Å². The summed E-state index contributed by atoms with van der Waals surface area (Å²) in [7, 11) is 0. The zero-order valence-electron chi connectivity index (χ0n) is 15.4. The largest absolute Gasteiger partial charge is 0.390 e. The molecule has 0 aliphatic carbocycles. The van der Waals surface area contributed by atoms with Gasteiger partial charge < -0.3 is 11.3 Å². The Labute approximate surface area is 140 Å². The minimum Gasteiger partial charge on any atom is -0.390 e. The second kappa shape index (κ2) is 10.3. The van der Waals surface area contributed by atoms with E-state index >= 15 is 0 Å². The lowest BCUT2D eigenvalue weighted by Gasteiger charge is -2.38. The van der Waals surface area contributed by atoms with E-state index in [2.05, 4.69) is 13.2 Å². The van der Waals surface area contributed by atoms with Crippen LogP contribution in [0, 0.1) is 18.2 Å². The lowest BCUT2D eigenvalue weighted by Crippen LogP contribution is -2.39. The maximum Gasteiger partial charge on any atom is 0.124 e. The molecule has 1 unspecified atom stereocenters. The number of hydrogen-bond acceptors (Lipinski definition) is 2. The number of aliphatic hydroxyl groups is 1. The molecule has 0 spiro atoms. The average Bonchev–Trinajstić information content (AvgIpc) is 2.38. The number of hydrogen-bond donors (Lipinski definition) is 2. The SMILES string of the molecule is C=CC(C)(CC(=C)c1cc(C)cc(F)c1)C(C)(C)O.CC.F.N. The van der Waals surface area contributed by atoms with Crippen molar-refractivity contribution in [2.24, 2.45) is 5.41 Å². The zero-order valence-corrected chi connectivity index (χ0v) is 15.4. The van der Waals surface area contributed by atoms with Gasteiger partial charge in [0.25, 0.3) is 0 Å². The van der Waals surface area contributed by atoms with Crippen molar-refractivity contribution in [1.29, 1.82) is 0 Å². The quantitative estimate of drug-likeness (QED) is 0.667. The van der Waals surface area contributed by atoms with Crippen LogP contribution in [0.5, 0.6) is 0 Å². The molecule has 134 valence electrons. The highest BCUT2D eigenvalue weighted by Crippen LogP contribution is 2.40. The third-order valence-corrected chi connectivity index (χ3v) is 3.88. The molecule has 0 saturated heterocycles. The van der Waals surface area contributed by atoms with Crippen LogP contribution < -0.4 is 6.15 Å². The van der Waals surface area contributed by atoms with Crippen LogP contribution in [0.3, 0.4) is 0 Å². The first kappa shape index (κ1) is 26.4. The molecular weight excluding hydrogens is 296 g/mol. The fourth-order valence-electron chi connectivity index (χ4n) is 2.02. The van der Waals surface area contributed by atoms with Crippen molar-refractivity contribution < 1.29 is 14.2 Å². The number of allylic oxidation sites excluding steroid dienone is 1. The summed E-state index contributed by atoms with van der Waals surface area (Å²) in [5, 5.41) is 10.3. The van der Waals surface area contributed by atoms with Gasteiger partial charge in [-0.1, -0.05) is 39.5 Å². The first-order valence-electron chi connectivity index (χ1n) is 7.40. The summed E-state index contributed by atoms with van der Waals surface area (Å²) in [5.74, 6) is -0.264. The average molecular weight is 329 g/mol. The zero-order chi connectivity index (χ0) is 16.8. The standard InChI is InChI=1S/C17H23FO.C2H6.FH.H3N/c1-7-17(6,16(4,5)19)11-13(3)14-8-12(2)9-15(18)10-14;1-2;;/h7-10,19H,1,3,11H2,2,4-6H3;1-2H3;1H;1H3. The Morgan fingerprint density at radius 1 is 1.22 bits per heavy atom. The summed E-state index contributed by atoms with van der Waals surface area (Å²) in [5.41, 5.74) is 1.01. The molecule has 0 aliphatic heterocycles. The first-order chi connectivity index (χ1) is 9.59. The first-order valence-corrected chi connectivity index (χ1v) is 7.40. The van der Waals surface area contributed by atoms with E-state index in [9.17, 15) is 9.50 Å². The van der Waals surface area contributed by atoms with E-state index in [4.69, 9.17) is 0 Å². The molecule has 0 aromatic heterocycles. The molecule has 1 rings (SSSR count). The van der Waals surface area contributed by atoms with Crippen LogP contribution in [-0.2, 0) is 0 Å². The van der Waals surface area contributed by atoms with Crippen LogP contribution >= 0.6 is 0 Å². The second-order valence-corrected chi connectivity index (χ2v) is 5.98. The number of rotatable bonds is 5. The highest BCUT2D eigenvalue weighted by atomic mass is 19.1. The number of benzene rings is 1. The molecule has 0 fully saturated rings. The lowest BCUT2D eigenvalue weighted by atomic mass is 9.70. The normalized spacial score (nSPS) is 12.5. The molecule has 1 aromatic carbocycles. The summed E-state index contributed by atoms with van der Waals surface area (Å²) in [6.45, 7) is 19.1. The molecule has 0 heterocycles. The van der Waals surface area contributed by atoms with Crippen molar-refractivity contribution in [1.82, 2.24) is 6.15 Å². The van der Waals surface area contributed by atoms with Gasteiger partial charge in [0.05, 0.1) is 5.60 Å². The molecule has 2 nitrogen and oxygen atoms in total. The Morgan fingerprint density at radius 3 is 2.04 bits per heavy atom. The van der Waals surface area contributed by atoms with Crippen LogP contribution in [0.25, 0.3) is 5.57 Å². The van der Waals surface area contributed by atoms with Gasteiger partial charge in [0.2, 0.25) is 0 Å². The van der Waals surface area contributed by atoms with Gasteiger partial charge in [-0.15, -0.1) is 6.58 Å². The summed E-state index contributed by atoms with van der Waals surface area (Å²) in [6.07, 6.45) is 2.27. The smallest absolute Gasteiger partial charge is 0.124 e. The minimum atomic E-state index is -0.917. The number of aryl methyl sites for hydroxylation is 1. The molecule has 0 amide bonds. The van der Waals surface area contributed by atoms with E-state index in [1.165, 1.54) is 12.1 Å². The van der Waals surface area contributed by atoms with Crippen LogP contribution in [-0.4, -0.2) is 10.7 Å². The summed E-state index contributed by atoms with van der Waals surface area (Å²) < 4.78 is 13.4. The van der Waals surface area contributed by atoms with Gasteiger partial charge in [-0.25, -0.2) is 4.39 Å². The fourth-order valence-corrected chi connectivity index (χ4v) is 2.02. The van der Waals surface area contributed by atoms with Gasteiger partial charge in [-0.2, -0.15) is 0 Å². The van der Waals surface area contributed by atoms with Crippen molar-refractivity contribution in [3.63, 3.8) is 0 Å². The number of halogens is 2. The fraction of sp³-hybridized carbons (Fsp3) is 0.474. The maximum absolute atomic E-state index is 13.4. The Morgan fingerprint density at radius 2 is 1.70 bits per heavy atom. The van der Waals surface area contributed by atoms with Crippen LogP contribution in [0.4, 0.5) is 9.09 Å². The molecule has 4 N–H and O–H groups in total. The molecular formula is C19H33F2NO. The molecule has 23 heavy (non-hydrogen) atoms. The monoisotopic (exact) mass is 329 g/mol. The van der Waals surface area contributed by atoms with E-state index in [1.54, 1.807) is 19.9 Å². The highest BCUT2D eigenvalue weighted by molar-refractivity contribution is 5.65. The summed E-state index contributed by atoms with van der Waals surface area (Å²) in [4.78, 5) is 0. The van der Waals surface area contributed by atoms with E-state index in [1.807, 2.05) is 33.8 Å². The van der Waals surface area contributed by atoms with E-state index in [-0.39, 0.29) is 16.7 Å². The van der Waals surface area contributed by atoms with Crippen molar-refractivity contribution in [3.05, 3.63) is 54.4 Å². The lowest BCUT2D eigenvalue weighted by molar-refractivity contribution is -0.0144. The van der Waals surface area contributed by atoms with Gasteiger partial charge in [0.15, 0.2) is 0 Å². The highest BCUT2D eigenvalue weighted by Gasteiger charge is 2.37. The second-order valence-electron chi connectivity index (χ2n) is 5.98.